The Morgan fingerprint density at radius 3 is 2.47 bits per heavy atom. The molecule has 4 rings (SSSR count). The summed E-state index contributed by atoms with van der Waals surface area (Å²) >= 11 is 3.32. The zero-order valence-corrected chi connectivity index (χ0v) is 17.7. The van der Waals surface area contributed by atoms with E-state index in [9.17, 15) is 8.76 Å². The Kier molecular flexibility index (Phi) is 6.20. The fourth-order valence-corrected chi connectivity index (χ4v) is 4.46. The van der Waals surface area contributed by atoms with E-state index in [4.69, 9.17) is 22.7 Å². The number of nitrogens with two attached hydrogens (primary N) is 1. The summed E-state index contributed by atoms with van der Waals surface area (Å²) in [6, 6.07) is 23.3. The summed E-state index contributed by atoms with van der Waals surface area (Å²) in [5, 5.41) is 1.76. The second-order valence-corrected chi connectivity index (χ2v) is 8.21. The van der Waals surface area contributed by atoms with Crippen molar-refractivity contribution in [2.75, 3.05) is 0 Å². The summed E-state index contributed by atoms with van der Waals surface area (Å²) in [7, 11) is 0. The lowest BCUT2D eigenvalue weighted by atomic mass is 9.83. The van der Waals surface area contributed by atoms with Gasteiger partial charge < -0.3 is 15.0 Å². The van der Waals surface area contributed by atoms with Crippen molar-refractivity contribution >= 4 is 40.0 Å². The second kappa shape index (κ2) is 9.02. The predicted octanol–water partition coefficient (Wildman–Crippen LogP) is 4.57. The molecule has 0 saturated heterocycles. The van der Waals surface area contributed by atoms with Gasteiger partial charge in [-0.2, -0.15) is 0 Å². The lowest BCUT2D eigenvalue weighted by Crippen LogP contribution is -2.15. The van der Waals surface area contributed by atoms with E-state index in [-0.39, 0.29) is 11.7 Å². The molecule has 0 aliphatic carbocycles. The normalized spacial score (nSPS) is 16.5. The smallest absolute Gasteiger partial charge is 0.139 e. The number of hydrogen-bond donors (Lipinski definition) is 1. The van der Waals surface area contributed by atoms with E-state index in [1.807, 2.05) is 66.7 Å². The van der Waals surface area contributed by atoms with Crippen LogP contribution >= 0.6 is 12.2 Å². The molecule has 0 saturated carbocycles. The van der Waals surface area contributed by atoms with Crippen LogP contribution in [0.25, 0.3) is 11.3 Å². The van der Waals surface area contributed by atoms with Gasteiger partial charge in [0, 0.05) is 34.9 Å². The number of rotatable bonds is 6. The summed E-state index contributed by atoms with van der Waals surface area (Å²) in [5.41, 5.74) is 11.5. The standard InChI is InChI=1S/C24H21NO3S2/c25-13-17-4-3-5-19(12-17)23-21(14-29)20-6-1-2-7-22(20)28-24(23)18-10-8-16(9-11-18)15-30(26)27/h1-12,14,21H,13,15,25H2,(H,26,27)/p-1. The molecule has 2 unspecified atom stereocenters. The molecule has 1 aliphatic rings. The largest absolute Gasteiger partial charge is 0.772 e. The third kappa shape index (κ3) is 4.13. The van der Waals surface area contributed by atoms with E-state index in [1.165, 1.54) is 0 Å². The van der Waals surface area contributed by atoms with Crippen LogP contribution in [0.5, 0.6) is 5.75 Å². The van der Waals surface area contributed by atoms with Gasteiger partial charge >= 0.3 is 0 Å². The molecule has 3 aromatic rings. The summed E-state index contributed by atoms with van der Waals surface area (Å²) < 4.78 is 28.4. The molecule has 1 heterocycles. The first-order chi connectivity index (χ1) is 14.6. The number of hydrogen-bond acceptors (Lipinski definition) is 5. The maximum atomic E-state index is 11.0. The number of benzene rings is 3. The molecule has 6 heteroatoms. The van der Waals surface area contributed by atoms with Gasteiger partial charge in [-0.25, -0.2) is 0 Å². The van der Waals surface area contributed by atoms with Gasteiger partial charge in [0.05, 0.1) is 0 Å². The maximum absolute atomic E-state index is 11.0. The molecule has 3 aromatic carbocycles. The molecular weight excluding hydrogens is 414 g/mol. The molecule has 0 aromatic heterocycles. The number of ether oxygens (including phenoxy) is 1. The van der Waals surface area contributed by atoms with Gasteiger partial charge in [0.15, 0.2) is 0 Å². The molecular formula is C24H20NO3S2-. The van der Waals surface area contributed by atoms with Gasteiger partial charge in [-0.05, 0) is 28.1 Å². The van der Waals surface area contributed by atoms with Crippen LogP contribution in [0.2, 0.25) is 0 Å². The number of fused-ring (bicyclic) bond motifs is 1. The maximum Gasteiger partial charge on any atom is 0.139 e. The topological polar surface area (TPSA) is 75.4 Å². The number of thiocarbonyl (C=S) groups is 1. The Morgan fingerprint density at radius 2 is 1.77 bits per heavy atom. The SMILES string of the molecule is NCc1cccc(C2=C(c3ccc(CS(=O)[O-])cc3)Oc3ccccc3C2C=S)c1. The molecule has 0 fully saturated rings. The minimum Gasteiger partial charge on any atom is -0.772 e. The third-order valence-corrected chi connectivity index (χ3v) is 5.97. The molecule has 1 aliphatic heterocycles. The second-order valence-electron chi connectivity index (χ2n) is 7.05. The van der Waals surface area contributed by atoms with E-state index in [2.05, 4.69) is 6.07 Å². The number of allylic oxidation sites excluding steroid dienone is 1. The van der Waals surface area contributed by atoms with Gasteiger partial charge in [-0.3, -0.25) is 4.21 Å². The van der Waals surface area contributed by atoms with Crippen LogP contribution in [0.1, 0.15) is 33.7 Å². The average molecular weight is 435 g/mol. The summed E-state index contributed by atoms with van der Waals surface area (Å²) in [5.74, 6) is 1.34. The Bertz CT molecular complexity index is 1140. The molecule has 30 heavy (non-hydrogen) atoms. The fraction of sp³-hybridized carbons (Fsp3) is 0.125. The van der Waals surface area contributed by atoms with E-state index in [1.54, 1.807) is 5.37 Å². The quantitative estimate of drug-likeness (QED) is 0.454. The van der Waals surface area contributed by atoms with Crippen LogP contribution in [-0.2, 0) is 23.4 Å². The van der Waals surface area contributed by atoms with Crippen LogP contribution in [0, 0.1) is 0 Å². The van der Waals surface area contributed by atoms with Crippen LogP contribution in [0.3, 0.4) is 0 Å². The highest BCUT2D eigenvalue weighted by molar-refractivity contribution is 7.79. The van der Waals surface area contributed by atoms with E-state index in [0.717, 1.165) is 39.1 Å². The zero-order valence-electron chi connectivity index (χ0n) is 16.1. The molecule has 2 atom stereocenters. The minimum absolute atomic E-state index is 0.0169. The molecule has 0 radical (unpaired) electrons. The highest BCUT2D eigenvalue weighted by Crippen LogP contribution is 2.46. The zero-order chi connectivity index (χ0) is 21.1. The third-order valence-electron chi connectivity index (χ3n) is 5.13. The van der Waals surface area contributed by atoms with Crippen molar-refractivity contribution in [2.24, 2.45) is 5.73 Å². The van der Waals surface area contributed by atoms with Crippen molar-refractivity contribution in [3.63, 3.8) is 0 Å². The first kappa shape index (κ1) is 20.6. The van der Waals surface area contributed by atoms with Crippen molar-refractivity contribution in [1.82, 2.24) is 0 Å². The molecule has 152 valence electrons. The first-order valence-electron chi connectivity index (χ1n) is 9.51. The van der Waals surface area contributed by atoms with Crippen LogP contribution in [0.4, 0.5) is 0 Å². The molecule has 0 bridgehead atoms. The summed E-state index contributed by atoms with van der Waals surface area (Å²) in [6.45, 7) is 0.442. The summed E-state index contributed by atoms with van der Waals surface area (Å²) in [4.78, 5) is 0. The van der Waals surface area contributed by atoms with Crippen LogP contribution < -0.4 is 10.5 Å². The number of para-hydroxylation sites is 1. The van der Waals surface area contributed by atoms with E-state index in [0.29, 0.717) is 12.3 Å². The lowest BCUT2D eigenvalue weighted by molar-refractivity contribution is 0.500. The van der Waals surface area contributed by atoms with E-state index < -0.39 is 11.1 Å². The van der Waals surface area contributed by atoms with Crippen molar-refractivity contribution < 1.29 is 13.5 Å². The Morgan fingerprint density at radius 1 is 1.00 bits per heavy atom. The van der Waals surface area contributed by atoms with Gasteiger partial charge in [-0.15, -0.1) is 0 Å². The Hall–Kier alpha value is -2.64. The van der Waals surface area contributed by atoms with E-state index >= 15 is 0 Å². The van der Waals surface area contributed by atoms with Crippen LogP contribution in [-0.4, -0.2) is 14.1 Å². The van der Waals surface area contributed by atoms with Crippen LogP contribution in [0.15, 0.2) is 72.8 Å². The molecule has 2 N–H and O–H groups in total. The van der Waals surface area contributed by atoms with Gasteiger partial charge in [-0.1, -0.05) is 90.0 Å². The van der Waals surface area contributed by atoms with Crippen molar-refractivity contribution in [2.45, 2.75) is 18.2 Å². The highest BCUT2D eigenvalue weighted by atomic mass is 32.2. The van der Waals surface area contributed by atoms with Crippen molar-refractivity contribution in [3.05, 3.63) is 101 Å². The first-order valence-corrected chi connectivity index (χ1v) is 11.2. The van der Waals surface area contributed by atoms with Gasteiger partial charge in [0.2, 0.25) is 0 Å². The van der Waals surface area contributed by atoms with Crippen molar-refractivity contribution in [1.29, 1.82) is 0 Å². The lowest BCUT2D eigenvalue weighted by Gasteiger charge is -2.29. The summed E-state index contributed by atoms with van der Waals surface area (Å²) in [6.07, 6.45) is 0. The average Bonchev–Trinajstić information content (AvgIpc) is 2.78. The minimum atomic E-state index is -2.13. The Labute approximate surface area is 183 Å². The van der Waals surface area contributed by atoms with Gasteiger partial charge in [0.1, 0.15) is 11.5 Å². The predicted molar refractivity (Wildman–Crippen MR) is 124 cm³/mol. The molecule has 0 amide bonds. The molecule has 0 spiro atoms. The molecule has 4 nitrogen and oxygen atoms in total. The Balaban J connectivity index is 1.90. The van der Waals surface area contributed by atoms with Gasteiger partial charge in [0.25, 0.3) is 0 Å². The fourth-order valence-electron chi connectivity index (χ4n) is 3.71. The highest BCUT2D eigenvalue weighted by Gasteiger charge is 2.30. The van der Waals surface area contributed by atoms with Crippen molar-refractivity contribution in [3.8, 4) is 5.75 Å². The monoisotopic (exact) mass is 434 g/mol.